The molecule has 2 aromatic heterocycles. The molecule has 1 aromatic carbocycles. The van der Waals surface area contributed by atoms with Gasteiger partial charge in [0.1, 0.15) is 0 Å². The summed E-state index contributed by atoms with van der Waals surface area (Å²) in [6, 6.07) is 7.51. The summed E-state index contributed by atoms with van der Waals surface area (Å²) in [6.45, 7) is 1.83. The maximum Gasteiger partial charge on any atom is 0.330 e. The molecule has 0 fully saturated rings. The third-order valence-corrected chi connectivity index (χ3v) is 5.97. The number of nitrogens with zero attached hydrogens (tertiary/aromatic N) is 3. The number of benzene rings is 1. The average Bonchev–Trinajstić information content (AvgIpc) is 3.08. The van der Waals surface area contributed by atoms with Gasteiger partial charge in [0, 0.05) is 32.1 Å². The lowest BCUT2D eigenvalue weighted by Gasteiger charge is -2.08. The Morgan fingerprint density at radius 1 is 1.00 bits per heavy atom. The number of hydrogen-bond donors (Lipinski definition) is 0. The van der Waals surface area contributed by atoms with Crippen LogP contribution in [0, 0.1) is 6.92 Å². The second-order valence-corrected chi connectivity index (χ2v) is 8.00. The highest BCUT2D eigenvalue weighted by Crippen LogP contribution is 2.23. The first-order valence-corrected chi connectivity index (χ1v) is 9.37. The van der Waals surface area contributed by atoms with E-state index in [0.717, 1.165) is 14.1 Å². The van der Waals surface area contributed by atoms with E-state index in [9.17, 15) is 22.8 Å². The molecule has 0 atom stereocenters. The molecular formula is C18H17N3O5S. The van der Waals surface area contributed by atoms with Crippen molar-refractivity contribution in [2.45, 2.75) is 11.8 Å². The van der Waals surface area contributed by atoms with Crippen LogP contribution in [0.3, 0.4) is 0 Å². The highest BCUT2D eigenvalue weighted by atomic mass is 32.2. The molecule has 0 aliphatic carbocycles. The number of aldehydes is 1. The normalized spacial score (nSPS) is 11.5. The van der Waals surface area contributed by atoms with Gasteiger partial charge >= 0.3 is 5.69 Å². The summed E-state index contributed by atoms with van der Waals surface area (Å²) in [5.41, 5.74) is 0.0176. The van der Waals surface area contributed by atoms with E-state index in [1.54, 1.807) is 12.1 Å². The zero-order valence-corrected chi connectivity index (χ0v) is 15.7. The van der Waals surface area contributed by atoms with Gasteiger partial charge in [-0.25, -0.2) is 17.2 Å². The Kier molecular flexibility index (Phi) is 4.48. The Bertz CT molecular complexity index is 1260. The van der Waals surface area contributed by atoms with Crippen LogP contribution in [-0.4, -0.2) is 27.8 Å². The van der Waals surface area contributed by atoms with Gasteiger partial charge < -0.3 is 4.57 Å². The quantitative estimate of drug-likeness (QED) is 0.620. The van der Waals surface area contributed by atoms with E-state index in [0.29, 0.717) is 6.29 Å². The first-order chi connectivity index (χ1) is 12.7. The van der Waals surface area contributed by atoms with Gasteiger partial charge in [0.2, 0.25) is 0 Å². The summed E-state index contributed by atoms with van der Waals surface area (Å²) in [4.78, 5) is 35.7. The van der Waals surface area contributed by atoms with E-state index in [1.165, 1.54) is 49.3 Å². The van der Waals surface area contributed by atoms with E-state index < -0.39 is 21.3 Å². The van der Waals surface area contributed by atoms with Gasteiger partial charge in [-0.2, -0.15) is 0 Å². The van der Waals surface area contributed by atoms with Crippen LogP contribution in [-0.2, 0) is 24.1 Å². The van der Waals surface area contributed by atoms with Gasteiger partial charge in [0.25, 0.3) is 15.6 Å². The Morgan fingerprint density at radius 2 is 1.63 bits per heavy atom. The number of hydrogen-bond acceptors (Lipinski definition) is 5. The number of aryl methyl sites for hydroxylation is 2. The summed E-state index contributed by atoms with van der Waals surface area (Å²) < 4.78 is 28.8. The zero-order chi connectivity index (χ0) is 19.9. The Labute approximate surface area is 155 Å². The predicted octanol–water partition coefficient (Wildman–Crippen LogP) is 0.910. The summed E-state index contributed by atoms with van der Waals surface area (Å²) in [6.07, 6.45) is 2.93. The fourth-order valence-electron chi connectivity index (χ4n) is 2.73. The lowest BCUT2D eigenvalue weighted by Crippen LogP contribution is -2.37. The van der Waals surface area contributed by atoms with Crippen molar-refractivity contribution in [3.8, 4) is 11.1 Å². The molecule has 0 bridgehead atoms. The van der Waals surface area contributed by atoms with Gasteiger partial charge in [-0.1, -0.05) is 17.7 Å². The lowest BCUT2D eigenvalue weighted by molar-refractivity contribution is 0.111. The summed E-state index contributed by atoms with van der Waals surface area (Å²) in [5, 5.41) is 0. The van der Waals surface area contributed by atoms with E-state index in [4.69, 9.17) is 0 Å². The molecule has 0 N–H and O–H groups in total. The molecule has 8 nitrogen and oxygen atoms in total. The topological polar surface area (TPSA) is 100 Å². The minimum Gasteiger partial charge on any atom is -0.303 e. The molecule has 0 radical (unpaired) electrons. The third kappa shape index (κ3) is 3.06. The van der Waals surface area contributed by atoms with E-state index >= 15 is 0 Å². The third-order valence-electron chi connectivity index (χ3n) is 4.27. The van der Waals surface area contributed by atoms with Gasteiger partial charge in [-0.05, 0) is 25.1 Å². The molecule has 3 rings (SSSR count). The maximum atomic E-state index is 12.9. The fourth-order valence-corrected chi connectivity index (χ4v) is 4.07. The molecule has 2 heterocycles. The van der Waals surface area contributed by atoms with E-state index in [2.05, 4.69) is 0 Å². The van der Waals surface area contributed by atoms with Gasteiger partial charge in [-0.3, -0.25) is 14.2 Å². The molecule has 0 saturated heterocycles. The molecule has 0 aliphatic rings. The van der Waals surface area contributed by atoms with Gasteiger partial charge in [0.15, 0.2) is 6.29 Å². The van der Waals surface area contributed by atoms with Crippen LogP contribution in [0.5, 0.6) is 0 Å². The van der Waals surface area contributed by atoms with Crippen LogP contribution in [0.2, 0.25) is 0 Å². The van der Waals surface area contributed by atoms with Gasteiger partial charge in [0.05, 0.1) is 16.2 Å². The number of rotatable bonds is 4. The van der Waals surface area contributed by atoms with Crippen LogP contribution in [0.15, 0.2) is 57.2 Å². The van der Waals surface area contributed by atoms with Crippen molar-refractivity contribution in [3.63, 3.8) is 0 Å². The van der Waals surface area contributed by atoms with Crippen LogP contribution >= 0.6 is 0 Å². The van der Waals surface area contributed by atoms with Crippen molar-refractivity contribution in [1.82, 2.24) is 13.1 Å². The minimum absolute atomic E-state index is 0.0201. The standard InChI is InChI=1S/C18H17N3O5S/c1-12-4-6-15(7-5-12)27(25,26)21-9-13(8-14(21)11-22)16-10-19(2)18(24)20(3)17(16)23/h4-11H,1-3H3. The fraction of sp³-hybridized carbons (Fsp3) is 0.167. The largest absolute Gasteiger partial charge is 0.330 e. The Morgan fingerprint density at radius 3 is 2.22 bits per heavy atom. The molecule has 9 heteroatoms. The minimum atomic E-state index is -4.02. The first-order valence-electron chi connectivity index (χ1n) is 7.93. The molecule has 140 valence electrons. The predicted molar refractivity (Wildman–Crippen MR) is 99.5 cm³/mol. The first kappa shape index (κ1) is 18.6. The van der Waals surface area contributed by atoms with Crippen molar-refractivity contribution >= 4 is 16.3 Å². The smallest absolute Gasteiger partial charge is 0.303 e. The number of aromatic nitrogens is 3. The van der Waals surface area contributed by atoms with Crippen molar-refractivity contribution in [2.24, 2.45) is 14.1 Å². The molecule has 0 unspecified atom stereocenters. The van der Waals surface area contributed by atoms with Crippen LogP contribution in [0.1, 0.15) is 16.1 Å². The summed E-state index contributed by atoms with van der Waals surface area (Å²) in [7, 11) is -1.21. The SMILES string of the molecule is Cc1ccc(S(=O)(=O)n2cc(-c3cn(C)c(=O)n(C)c3=O)cc2C=O)cc1. The molecule has 0 saturated carbocycles. The van der Waals surface area contributed by atoms with Crippen molar-refractivity contribution in [3.05, 3.63) is 74.8 Å². The second-order valence-electron chi connectivity index (χ2n) is 6.19. The molecule has 0 aliphatic heterocycles. The Hall–Kier alpha value is -3.20. The highest BCUT2D eigenvalue weighted by Gasteiger charge is 2.22. The average molecular weight is 387 g/mol. The maximum absolute atomic E-state index is 12.9. The number of carbonyl (C=O) groups is 1. The van der Waals surface area contributed by atoms with Crippen molar-refractivity contribution < 1.29 is 13.2 Å². The lowest BCUT2D eigenvalue weighted by atomic mass is 10.2. The Balaban J connectivity index is 2.24. The second kappa shape index (κ2) is 6.51. The van der Waals surface area contributed by atoms with Crippen molar-refractivity contribution in [2.75, 3.05) is 0 Å². The molecule has 27 heavy (non-hydrogen) atoms. The molecular weight excluding hydrogens is 370 g/mol. The van der Waals surface area contributed by atoms with Gasteiger partial charge in [-0.15, -0.1) is 0 Å². The van der Waals surface area contributed by atoms with E-state index in [1.807, 2.05) is 6.92 Å². The van der Waals surface area contributed by atoms with Crippen molar-refractivity contribution in [1.29, 1.82) is 0 Å². The van der Waals surface area contributed by atoms with E-state index in [-0.39, 0.29) is 21.7 Å². The molecule has 0 amide bonds. The van der Waals surface area contributed by atoms with Crippen LogP contribution in [0.25, 0.3) is 11.1 Å². The van der Waals surface area contributed by atoms with Crippen LogP contribution < -0.4 is 11.2 Å². The summed E-state index contributed by atoms with van der Waals surface area (Å²) in [5.74, 6) is 0. The number of carbonyl (C=O) groups excluding carboxylic acids is 1. The molecule has 3 aromatic rings. The summed E-state index contributed by atoms with van der Waals surface area (Å²) >= 11 is 0. The molecule has 0 spiro atoms. The highest BCUT2D eigenvalue weighted by molar-refractivity contribution is 7.90. The monoisotopic (exact) mass is 387 g/mol. The zero-order valence-electron chi connectivity index (χ0n) is 14.9. The van der Waals surface area contributed by atoms with Crippen LogP contribution in [0.4, 0.5) is 0 Å².